The minimum absolute atomic E-state index is 0.0248. The third-order valence-electron chi connectivity index (χ3n) is 2.96. The Bertz CT molecular complexity index is 362. The van der Waals surface area contributed by atoms with Gasteiger partial charge in [0.05, 0.1) is 0 Å². The molecule has 1 N–H and O–H groups in total. The molecule has 0 aromatic heterocycles. The molecule has 0 saturated carbocycles. The van der Waals surface area contributed by atoms with E-state index in [0.717, 1.165) is 18.4 Å². The minimum atomic E-state index is -4.13. The first-order valence-electron chi connectivity index (χ1n) is 6.49. The third kappa shape index (κ3) is 6.34. The zero-order valence-corrected chi connectivity index (χ0v) is 12.1. The number of thioether (sulfide) groups is 1. The van der Waals surface area contributed by atoms with E-state index in [0.29, 0.717) is 6.54 Å². The van der Waals surface area contributed by atoms with Gasteiger partial charge in [-0.05, 0) is 35.7 Å². The first-order valence-corrected chi connectivity index (χ1v) is 7.47. The van der Waals surface area contributed by atoms with Crippen LogP contribution in [-0.4, -0.2) is 17.8 Å². The van der Waals surface area contributed by atoms with E-state index in [1.165, 1.54) is 5.56 Å². The number of alkyl halides is 3. The summed E-state index contributed by atoms with van der Waals surface area (Å²) in [6.45, 7) is 4.49. The Morgan fingerprint density at radius 3 is 2.26 bits per heavy atom. The van der Waals surface area contributed by atoms with E-state index in [2.05, 4.69) is 36.5 Å². The highest BCUT2D eigenvalue weighted by atomic mass is 32.2. The fraction of sp³-hybridized carbons (Fsp3) is 0.571. The second kappa shape index (κ2) is 7.80. The summed E-state index contributed by atoms with van der Waals surface area (Å²) in [5, 5.41) is 3.17. The lowest BCUT2D eigenvalue weighted by Gasteiger charge is -2.18. The molecule has 0 bridgehead atoms. The van der Waals surface area contributed by atoms with E-state index < -0.39 is 5.51 Å². The molecule has 0 fully saturated rings. The Balaban J connectivity index is 2.44. The quantitative estimate of drug-likeness (QED) is 0.740. The van der Waals surface area contributed by atoms with Crippen LogP contribution in [0.25, 0.3) is 0 Å². The molecule has 0 amide bonds. The Morgan fingerprint density at radius 2 is 1.79 bits per heavy atom. The predicted octanol–water partition coefficient (Wildman–Crippen LogP) is 4.54. The van der Waals surface area contributed by atoms with Crippen molar-refractivity contribution >= 4 is 11.8 Å². The van der Waals surface area contributed by atoms with Gasteiger partial charge in [0, 0.05) is 18.3 Å². The van der Waals surface area contributed by atoms with Crippen LogP contribution in [0.1, 0.15) is 37.4 Å². The summed E-state index contributed by atoms with van der Waals surface area (Å²) in [5.74, 6) is 0.0487. The summed E-state index contributed by atoms with van der Waals surface area (Å²) in [6, 6.07) is 8.38. The van der Waals surface area contributed by atoms with Gasteiger partial charge in [-0.15, -0.1) is 0 Å². The van der Waals surface area contributed by atoms with E-state index in [9.17, 15) is 13.2 Å². The van der Waals surface area contributed by atoms with Crippen LogP contribution in [-0.2, 0) is 6.42 Å². The largest absolute Gasteiger partial charge is 0.441 e. The minimum Gasteiger partial charge on any atom is -0.309 e. The van der Waals surface area contributed by atoms with Gasteiger partial charge in [0.25, 0.3) is 0 Å². The molecule has 0 aliphatic heterocycles. The second-order valence-electron chi connectivity index (χ2n) is 4.30. The zero-order chi connectivity index (χ0) is 14.3. The van der Waals surface area contributed by atoms with Crippen LogP contribution < -0.4 is 5.32 Å². The monoisotopic (exact) mass is 291 g/mol. The van der Waals surface area contributed by atoms with Crippen molar-refractivity contribution in [1.29, 1.82) is 0 Å². The second-order valence-corrected chi connectivity index (χ2v) is 5.46. The number of hydrogen-bond donors (Lipinski definition) is 1. The molecule has 1 atom stereocenters. The lowest BCUT2D eigenvalue weighted by molar-refractivity contribution is -0.0327. The number of aryl methyl sites for hydroxylation is 1. The highest BCUT2D eigenvalue weighted by molar-refractivity contribution is 8.00. The summed E-state index contributed by atoms with van der Waals surface area (Å²) < 4.78 is 36.0. The standard InChI is InChI=1S/C14H20F3NS/c1-3-11-5-7-12(8-6-11)13(4-2)18-9-10-19-14(15,16)17/h5-8,13,18H,3-4,9-10H2,1-2H3. The summed E-state index contributed by atoms with van der Waals surface area (Å²) in [5.41, 5.74) is -1.73. The SMILES string of the molecule is CCc1ccc(C(CC)NCCSC(F)(F)F)cc1. The molecule has 1 aromatic rings. The van der Waals surface area contributed by atoms with Crippen molar-refractivity contribution in [2.75, 3.05) is 12.3 Å². The van der Waals surface area contributed by atoms with E-state index >= 15 is 0 Å². The predicted molar refractivity (Wildman–Crippen MR) is 75.4 cm³/mol. The molecule has 1 unspecified atom stereocenters. The fourth-order valence-electron chi connectivity index (χ4n) is 1.88. The molecule has 0 spiro atoms. The summed E-state index contributed by atoms with van der Waals surface area (Å²) >= 11 is 0.0248. The molecule has 0 aliphatic carbocycles. The van der Waals surface area contributed by atoms with Gasteiger partial charge in [0.2, 0.25) is 0 Å². The first kappa shape index (κ1) is 16.4. The fourth-order valence-corrected chi connectivity index (χ4v) is 2.33. The van der Waals surface area contributed by atoms with Gasteiger partial charge in [0.15, 0.2) is 0 Å². The summed E-state index contributed by atoms with van der Waals surface area (Å²) in [4.78, 5) is 0. The molecule has 0 heterocycles. The Morgan fingerprint density at radius 1 is 1.16 bits per heavy atom. The number of hydrogen-bond acceptors (Lipinski definition) is 2. The average molecular weight is 291 g/mol. The maximum atomic E-state index is 12.0. The van der Waals surface area contributed by atoms with Crippen molar-refractivity contribution in [3.63, 3.8) is 0 Å². The first-order chi connectivity index (χ1) is 8.96. The van der Waals surface area contributed by atoms with Crippen LogP contribution >= 0.6 is 11.8 Å². The van der Waals surface area contributed by atoms with Crippen molar-refractivity contribution in [1.82, 2.24) is 5.32 Å². The molecule has 0 saturated heterocycles. The van der Waals surface area contributed by atoms with Crippen molar-refractivity contribution in [3.05, 3.63) is 35.4 Å². The van der Waals surface area contributed by atoms with Gasteiger partial charge in [0.1, 0.15) is 0 Å². The molecule has 5 heteroatoms. The van der Waals surface area contributed by atoms with Crippen LogP contribution in [0.2, 0.25) is 0 Å². The highest BCUT2D eigenvalue weighted by Gasteiger charge is 2.27. The van der Waals surface area contributed by atoms with Gasteiger partial charge in [-0.2, -0.15) is 13.2 Å². The van der Waals surface area contributed by atoms with Crippen LogP contribution in [0.3, 0.4) is 0 Å². The van der Waals surface area contributed by atoms with Crippen molar-refractivity contribution in [3.8, 4) is 0 Å². The van der Waals surface area contributed by atoms with E-state index in [4.69, 9.17) is 0 Å². The molecular weight excluding hydrogens is 271 g/mol. The maximum Gasteiger partial charge on any atom is 0.441 e. The van der Waals surface area contributed by atoms with Crippen LogP contribution in [0.15, 0.2) is 24.3 Å². The lowest BCUT2D eigenvalue weighted by atomic mass is 10.0. The van der Waals surface area contributed by atoms with Crippen molar-refractivity contribution in [2.24, 2.45) is 0 Å². The molecule has 0 radical (unpaired) electrons. The van der Waals surface area contributed by atoms with Gasteiger partial charge in [-0.1, -0.05) is 38.1 Å². The van der Waals surface area contributed by atoms with Crippen LogP contribution in [0.5, 0.6) is 0 Å². The topological polar surface area (TPSA) is 12.0 Å². The smallest absolute Gasteiger partial charge is 0.309 e. The number of halogens is 3. The molecule has 19 heavy (non-hydrogen) atoms. The molecule has 1 nitrogen and oxygen atoms in total. The molecule has 0 aliphatic rings. The summed E-state index contributed by atoms with van der Waals surface area (Å²) in [7, 11) is 0. The Hall–Kier alpha value is -0.680. The van der Waals surface area contributed by atoms with Gasteiger partial charge in [-0.25, -0.2) is 0 Å². The molecule has 108 valence electrons. The molecule has 1 rings (SSSR count). The number of rotatable bonds is 7. The van der Waals surface area contributed by atoms with E-state index in [1.54, 1.807) is 0 Å². The van der Waals surface area contributed by atoms with Crippen molar-refractivity contribution < 1.29 is 13.2 Å². The Labute approximate surface area is 117 Å². The zero-order valence-electron chi connectivity index (χ0n) is 11.3. The van der Waals surface area contributed by atoms with Gasteiger partial charge < -0.3 is 5.32 Å². The maximum absolute atomic E-state index is 12.0. The van der Waals surface area contributed by atoms with E-state index in [-0.39, 0.29) is 23.6 Å². The number of benzene rings is 1. The highest BCUT2D eigenvalue weighted by Crippen LogP contribution is 2.29. The Kier molecular flexibility index (Phi) is 6.72. The van der Waals surface area contributed by atoms with Gasteiger partial charge in [-0.3, -0.25) is 0 Å². The molecule has 1 aromatic carbocycles. The van der Waals surface area contributed by atoms with Gasteiger partial charge >= 0.3 is 5.51 Å². The average Bonchev–Trinajstić information content (AvgIpc) is 2.38. The lowest BCUT2D eigenvalue weighted by Crippen LogP contribution is -2.24. The summed E-state index contributed by atoms with van der Waals surface area (Å²) in [6.07, 6.45) is 1.86. The third-order valence-corrected chi connectivity index (χ3v) is 3.69. The number of nitrogens with one attached hydrogen (secondary N) is 1. The van der Waals surface area contributed by atoms with Crippen molar-refractivity contribution in [2.45, 2.75) is 38.2 Å². The normalized spacial score (nSPS) is 13.5. The van der Waals surface area contributed by atoms with Crippen LogP contribution in [0, 0.1) is 0 Å². The molecular formula is C14H20F3NS. The van der Waals surface area contributed by atoms with Crippen LogP contribution in [0.4, 0.5) is 13.2 Å². The van der Waals surface area contributed by atoms with E-state index in [1.807, 2.05) is 6.92 Å².